The van der Waals surface area contributed by atoms with E-state index in [0.29, 0.717) is 18.5 Å². The maximum atomic E-state index is 13.7. The number of para-hydroxylation sites is 1. The van der Waals surface area contributed by atoms with Crippen molar-refractivity contribution in [3.63, 3.8) is 0 Å². The van der Waals surface area contributed by atoms with E-state index in [0.717, 1.165) is 30.9 Å². The smallest absolute Gasteiger partial charge is 0.224 e. The van der Waals surface area contributed by atoms with Gasteiger partial charge in [-0.05, 0) is 25.1 Å². The van der Waals surface area contributed by atoms with Gasteiger partial charge in [-0.2, -0.15) is 0 Å². The summed E-state index contributed by atoms with van der Waals surface area (Å²) in [5, 5.41) is 6.11. The molecule has 1 aromatic carbocycles. The van der Waals surface area contributed by atoms with Gasteiger partial charge in [0.15, 0.2) is 5.82 Å². The number of hydrogen-bond donors (Lipinski definition) is 2. The number of nitrogens with zero attached hydrogens (tertiary/aromatic N) is 2. The highest BCUT2D eigenvalue weighted by Crippen LogP contribution is 2.18. The van der Waals surface area contributed by atoms with Crippen LogP contribution in [0.1, 0.15) is 12.2 Å². The molecular weight excluding hydrogens is 342 g/mol. The van der Waals surface area contributed by atoms with Crippen LogP contribution < -0.4 is 10.6 Å². The second kappa shape index (κ2) is 8.47. The third-order valence-corrected chi connectivity index (χ3v) is 4.03. The van der Waals surface area contributed by atoms with Gasteiger partial charge in [0, 0.05) is 26.6 Å². The monoisotopic (exact) mass is 362 g/mol. The highest BCUT2D eigenvalue weighted by atomic mass is 35.5. The molecule has 23 heavy (non-hydrogen) atoms. The van der Waals surface area contributed by atoms with Crippen molar-refractivity contribution >= 4 is 41.8 Å². The van der Waals surface area contributed by atoms with Gasteiger partial charge in [-0.3, -0.25) is 4.79 Å². The zero-order valence-corrected chi connectivity index (χ0v) is 14.5. The molecule has 1 saturated heterocycles. The summed E-state index contributed by atoms with van der Waals surface area (Å²) in [6.07, 6.45) is 1.49. The molecule has 1 fully saturated rings. The summed E-state index contributed by atoms with van der Waals surface area (Å²) in [5.74, 6) is 0.628. The molecule has 0 aliphatic carbocycles. The highest BCUT2D eigenvalue weighted by molar-refractivity contribution is 5.85. The molecule has 1 aromatic heterocycles. The number of aromatic nitrogens is 2. The average Bonchev–Trinajstić information content (AvgIpc) is 3.10. The van der Waals surface area contributed by atoms with Crippen LogP contribution in [-0.4, -0.2) is 35.1 Å². The minimum atomic E-state index is -0.310. The Morgan fingerprint density at radius 2 is 2.26 bits per heavy atom. The molecule has 2 aromatic rings. The van der Waals surface area contributed by atoms with Crippen LogP contribution in [0.2, 0.25) is 0 Å². The largest absolute Gasteiger partial charge is 0.355 e. The van der Waals surface area contributed by atoms with Crippen molar-refractivity contribution in [1.29, 1.82) is 0 Å². The summed E-state index contributed by atoms with van der Waals surface area (Å²) in [6.45, 7) is 2.18. The number of aryl methyl sites for hydroxylation is 1. The lowest BCUT2D eigenvalue weighted by Crippen LogP contribution is -2.33. The number of carbonyl (C=O) groups excluding carboxylic acids is 1. The summed E-state index contributed by atoms with van der Waals surface area (Å²) >= 11 is 0. The number of hydrogen-bond acceptors (Lipinski definition) is 3. The van der Waals surface area contributed by atoms with Gasteiger partial charge in [-0.15, -0.1) is 24.8 Å². The van der Waals surface area contributed by atoms with Gasteiger partial charge in [0.2, 0.25) is 5.91 Å². The van der Waals surface area contributed by atoms with Crippen molar-refractivity contribution in [2.45, 2.75) is 12.8 Å². The van der Waals surface area contributed by atoms with Crippen LogP contribution in [0.5, 0.6) is 0 Å². The molecule has 3 rings (SSSR count). The number of amides is 1. The SMILES string of the molecule is Cl.Cl.Cn1c(CCNC(=O)C2CCNC2)nc2c(F)cccc21. The van der Waals surface area contributed by atoms with Crippen molar-refractivity contribution in [3.8, 4) is 0 Å². The Morgan fingerprint density at radius 3 is 2.91 bits per heavy atom. The summed E-state index contributed by atoms with van der Waals surface area (Å²) in [4.78, 5) is 16.2. The van der Waals surface area contributed by atoms with E-state index in [1.165, 1.54) is 6.07 Å². The Balaban J connectivity index is 0.00000132. The van der Waals surface area contributed by atoms with E-state index in [2.05, 4.69) is 15.6 Å². The first-order chi connectivity index (χ1) is 10.2. The number of carbonyl (C=O) groups is 1. The molecule has 0 saturated carbocycles. The van der Waals surface area contributed by atoms with Crippen LogP contribution in [0.3, 0.4) is 0 Å². The second-order valence-corrected chi connectivity index (χ2v) is 5.43. The fourth-order valence-corrected chi connectivity index (χ4v) is 2.77. The first-order valence-electron chi connectivity index (χ1n) is 7.25. The zero-order chi connectivity index (χ0) is 14.8. The molecular formula is C15H21Cl2FN4O. The van der Waals surface area contributed by atoms with E-state index < -0.39 is 0 Å². The normalized spacial score (nSPS) is 16.7. The number of rotatable bonds is 4. The van der Waals surface area contributed by atoms with Crippen molar-refractivity contribution in [3.05, 3.63) is 29.8 Å². The van der Waals surface area contributed by atoms with E-state index in [-0.39, 0.29) is 42.5 Å². The van der Waals surface area contributed by atoms with Crippen molar-refractivity contribution in [1.82, 2.24) is 20.2 Å². The Labute approximate surface area is 146 Å². The summed E-state index contributed by atoms with van der Waals surface area (Å²) in [6, 6.07) is 4.93. The topological polar surface area (TPSA) is 59.0 Å². The van der Waals surface area contributed by atoms with E-state index in [1.807, 2.05) is 17.7 Å². The maximum absolute atomic E-state index is 13.7. The van der Waals surface area contributed by atoms with Gasteiger partial charge in [-0.25, -0.2) is 9.37 Å². The summed E-state index contributed by atoms with van der Waals surface area (Å²) < 4.78 is 15.6. The third kappa shape index (κ3) is 4.13. The molecule has 5 nitrogen and oxygen atoms in total. The molecule has 2 N–H and O–H groups in total. The maximum Gasteiger partial charge on any atom is 0.224 e. The fraction of sp³-hybridized carbons (Fsp3) is 0.467. The van der Waals surface area contributed by atoms with Gasteiger partial charge in [-0.1, -0.05) is 6.07 Å². The van der Waals surface area contributed by atoms with Gasteiger partial charge < -0.3 is 15.2 Å². The highest BCUT2D eigenvalue weighted by Gasteiger charge is 2.21. The van der Waals surface area contributed by atoms with Crippen LogP contribution >= 0.6 is 24.8 Å². The molecule has 0 spiro atoms. The number of imidazole rings is 1. The van der Waals surface area contributed by atoms with Gasteiger partial charge in [0.05, 0.1) is 11.4 Å². The van der Waals surface area contributed by atoms with Gasteiger partial charge in [0.1, 0.15) is 11.3 Å². The lowest BCUT2D eigenvalue weighted by Gasteiger charge is -2.09. The van der Waals surface area contributed by atoms with Crippen LogP contribution in [0, 0.1) is 11.7 Å². The minimum absolute atomic E-state index is 0. The van der Waals surface area contributed by atoms with E-state index in [9.17, 15) is 9.18 Å². The van der Waals surface area contributed by atoms with Gasteiger partial charge >= 0.3 is 0 Å². The molecule has 1 aliphatic rings. The van der Waals surface area contributed by atoms with Crippen molar-refractivity contribution < 1.29 is 9.18 Å². The minimum Gasteiger partial charge on any atom is -0.355 e. The van der Waals surface area contributed by atoms with E-state index >= 15 is 0 Å². The first-order valence-corrected chi connectivity index (χ1v) is 7.25. The lowest BCUT2D eigenvalue weighted by molar-refractivity contribution is -0.124. The van der Waals surface area contributed by atoms with Crippen LogP contribution in [0.25, 0.3) is 11.0 Å². The van der Waals surface area contributed by atoms with Crippen molar-refractivity contribution in [2.24, 2.45) is 13.0 Å². The molecule has 8 heteroatoms. The quantitative estimate of drug-likeness (QED) is 0.872. The molecule has 1 amide bonds. The van der Waals surface area contributed by atoms with E-state index in [1.54, 1.807) is 6.07 Å². The molecule has 0 radical (unpaired) electrons. The summed E-state index contributed by atoms with van der Waals surface area (Å²) in [7, 11) is 1.87. The molecule has 1 aliphatic heterocycles. The van der Waals surface area contributed by atoms with Crippen LogP contribution in [0.15, 0.2) is 18.2 Å². The standard InChI is InChI=1S/C15H19FN4O.2ClH/c1-20-12-4-2-3-11(16)14(12)19-13(20)6-8-18-15(21)10-5-7-17-9-10;;/h2-4,10,17H,5-9H2,1H3,(H,18,21);2*1H. The van der Waals surface area contributed by atoms with Crippen molar-refractivity contribution in [2.75, 3.05) is 19.6 Å². The number of fused-ring (bicyclic) bond motifs is 1. The van der Waals surface area contributed by atoms with E-state index in [4.69, 9.17) is 0 Å². The van der Waals surface area contributed by atoms with Gasteiger partial charge in [0.25, 0.3) is 0 Å². The Hall–Kier alpha value is -1.37. The number of benzene rings is 1. The Kier molecular flexibility index (Phi) is 7.25. The lowest BCUT2D eigenvalue weighted by atomic mass is 10.1. The Morgan fingerprint density at radius 1 is 1.48 bits per heavy atom. The Bertz CT molecular complexity index is 671. The summed E-state index contributed by atoms with van der Waals surface area (Å²) in [5.41, 5.74) is 1.16. The van der Waals surface area contributed by atoms with Crippen LogP contribution in [-0.2, 0) is 18.3 Å². The third-order valence-electron chi connectivity index (χ3n) is 4.03. The molecule has 1 unspecified atom stereocenters. The predicted octanol–water partition coefficient (Wildman–Crippen LogP) is 1.82. The second-order valence-electron chi connectivity index (χ2n) is 5.43. The predicted molar refractivity (Wildman–Crippen MR) is 92.9 cm³/mol. The zero-order valence-electron chi connectivity index (χ0n) is 12.8. The van der Waals surface area contributed by atoms with Crippen LogP contribution in [0.4, 0.5) is 4.39 Å². The first kappa shape index (κ1) is 19.7. The molecule has 2 heterocycles. The molecule has 128 valence electrons. The average molecular weight is 363 g/mol. The fourth-order valence-electron chi connectivity index (χ4n) is 2.77. The molecule has 0 bridgehead atoms. The molecule has 1 atom stereocenters. The number of halogens is 3. The number of nitrogens with one attached hydrogen (secondary N) is 2.